The molecular formula is C15H28N4O2. The van der Waals surface area contributed by atoms with Gasteiger partial charge in [-0.1, -0.05) is 26.7 Å². The smallest absolute Gasteiger partial charge is 0.158 e. The number of rotatable bonds is 10. The second-order valence-electron chi connectivity index (χ2n) is 5.04. The molecule has 0 aliphatic heterocycles. The minimum atomic E-state index is -0.372. The molecule has 0 saturated carbocycles. The van der Waals surface area contributed by atoms with Gasteiger partial charge in [-0.3, -0.25) is 0 Å². The first kappa shape index (κ1) is 17.7. The average Bonchev–Trinajstić information content (AvgIpc) is 2.47. The molecule has 6 nitrogen and oxygen atoms in total. The summed E-state index contributed by atoms with van der Waals surface area (Å²) >= 11 is 0. The van der Waals surface area contributed by atoms with E-state index in [-0.39, 0.29) is 6.10 Å². The van der Waals surface area contributed by atoms with E-state index in [4.69, 9.17) is 4.74 Å². The van der Waals surface area contributed by atoms with E-state index in [0.717, 1.165) is 25.2 Å². The van der Waals surface area contributed by atoms with E-state index >= 15 is 0 Å². The van der Waals surface area contributed by atoms with Gasteiger partial charge in [-0.15, -0.1) is 0 Å². The molecule has 120 valence electrons. The first-order valence-corrected chi connectivity index (χ1v) is 7.67. The van der Waals surface area contributed by atoms with E-state index in [1.54, 1.807) is 7.11 Å². The van der Waals surface area contributed by atoms with Gasteiger partial charge in [0.15, 0.2) is 5.82 Å². The van der Waals surface area contributed by atoms with E-state index in [9.17, 15) is 5.11 Å². The normalized spacial score (nSPS) is 12.5. The van der Waals surface area contributed by atoms with Crippen LogP contribution in [0.15, 0.2) is 6.07 Å². The molecule has 1 unspecified atom stereocenters. The van der Waals surface area contributed by atoms with Crippen LogP contribution in [-0.2, 0) is 11.3 Å². The summed E-state index contributed by atoms with van der Waals surface area (Å²) < 4.78 is 5.08. The topological polar surface area (TPSA) is 79.3 Å². The average molecular weight is 296 g/mol. The van der Waals surface area contributed by atoms with Crippen LogP contribution in [0.5, 0.6) is 0 Å². The fourth-order valence-electron chi connectivity index (χ4n) is 2.26. The van der Waals surface area contributed by atoms with Crippen molar-refractivity contribution in [3.63, 3.8) is 0 Å². The largest absolute Gasteiger partial charge is 0.391 e. The Balaban J connectivity index is 2.72. The van der Waals surface area contributed by atoms with Gasteiger partial charge in [-0.25, -0.2) is 9.97 Å². The maximum absolute atomic E-state index is 10.2. The highest BCUT2D eigenvalue weighted by atomic mass is 16.5. The highest BCUT2D eigenvalue weighted by Gasteiger charge is 2.15. The molecular weight excluding hydrogens is 268 g/mol. The van der Waals surface area contributed by atoms with Crippen molar-refractivity contribution < 1.29 is 9.84 Å². The Bertz CT molecular complexity index is 386. The lowest BCUT2D eigenvalue weighted by Gasteiger charge is -2.20. The number of nitrogens with zero attached hydrogens (tertiary/aromatic N) is 2. The Hall–Kier alpha value is -1.40. The maximum atomic E-state index is 10.2. The van der Waals surface area contributed by atoms with Crippen LogP contribution in [0.2, 0.25) is 0 Å². The SMILES string of the molecule is CCNc1cc(NCC(O)C(CC)CC)nc(COC)n1. The molecule has 21 heavy (non-hydrogen) atoms. The van der Waals surface area contributed by atoms with Gasteiger partial charge in [0, 0.05) is 26.3 Å². The third-order valence-electron chi connectivity index (χ3n) is 3.49. The van der Waals surface area contributed by atoms with E-state index in [0.29, 0.717) is 30.7 Å². The Morgan fingerprint density at radius 3 is 2.29 bits per heavy atom. The molecule has 1 aromatic rings. The van der Waals surface area contributed by atoms with E-state index in [1.165, 1.54) is 0 Å². The first-order chi connectivity index (χ1) is 10.1. The van der Waals surface area contributed by atoms with Crippen molar-refractivity contribution in [1.29, 1.82) is 0 Å². The predicted molar refractivity (Wildman–Crippen MR) is 85.5 cm³/mol. The number of methoxy groups -OCH3 is 1. The summed E-state index contributed by atoms with van der Waals surface area (Å²) in [6.45, 7) is 7.86. The summed E-state index contributed by atoms with van der Waals surface area (Å²) in [4.78, 5) is 8.75. The van der Waals surface area contributed by atoms with Crippen LogP contribution in [0.3, 0.4) is 0 Å². The van der Waals surface area contributed by atoms with Crippen molar-refractivity contribution >= 4 is 11.6 Å². The number of aliphatic hydroxyl groups is 1. The van der Waals surface area contributed by atoms with Crippen molar-refractivity contribution in [2.75, 3.05) is 30.8 Å². The van der Waals surface area contributed by atoms with Gasteiger partial charge in [-0.05, 0) is 12.8 Å². The quantitative estimate of drug-likeness (QED) is 0.614. The molecule has 0 amide bonds. The zero-order valence-corrected chi connectivity index (χ0v) is 13.5. The van der Waals surface area contributed by atoms with Gasteiger partial charge in [0.1, 0.15) is 18.2 Å². The molecule has 0 aliphatic rings. The van der Waals surface area contributed by atoms with Gasteiger partial charge in [0.25, 0.3) is 0 Å². The number of ether oxygens (including phenoxy) is 1. The number of nitrogens with one attached hydrogen (secondary N) is 2. The Labute approximate surface area is 127 Å². The molecule has 6 heteroatoms. The number of anilines is 2. The first-order valence-electron chi connectivity index (χ1n) is 7.67. The Morgan fingerprint density at radius 1 is 1.14 bits per heavy atom. The zero-order chi connectivity index (χ0) is 15.7. The maximum Gasteiger partial charge on any atom is 0.158 e. The number of aliphatic hydroxyl groups excluding tert-OH is 1. The monoisotopic (exact) mass is 296 g/mol. The summed E-state index contributed by atoms with van der Waals surface area (Å²) in [5.41, 5.74) is 0. The molecule has 0 radical (unpaired) electrons. The Kier molecular flexibility index (Phi) is 8.00. The van der Waals surface area contributed by atoms with Crippen molar-refractivity contribution in [2.24, 2.45) is 5.92 Å². The standard InChI is InChI=1S/C15H28N4O2/c1-5-11(6-2)12(20)9-17-14-8-13(16-7-3)18-15(19-14)10-21-4/h8,11-12,20H,5-7,9-10H2,1-4H3,(H2,16,17,18,19). The minimum Gasteiger partial charge on any atom is -0.391 e. The lowest BCUT2D eigenvalue weighted by atomic mass is 9.97. The van der Waals surface area contributed by atoms with Crippen LogP contribution in [0.25, 0.3) is 0 Å². The molecule has 3 N–H and O–H groups in total. The van der Waals surface area contributed by atoms with E-state index < -0.39 is 0 Å². The predicted octanol–water partition coefficient (Wildman–Crippen LogP) is 2.26. The van der Waals surface area contributed by atoms with Crippen LogP contribution >= 0.6 is 0 Å². The van der Waals surface area contributed by atoms with E-state index in [2.05, 4.69) is 34.4 Å². The van der Waals surface area contributed by atoms with Crippen molar-refractivity contribution in [3.05, 3.63) is 11.9 Å². The summed E-state index contributed by atoms with van der Waals surface area (Å²) in [5, 5.41) is 16.5. The van der Waals surface area contributed by atoms with Crippen molar-refractivity contribution in [2.45, 2.75) is 46.3 Å². The third-order valence-corrected chi connectivity index (χ3v) is 3.49. The van der Waals surface area contributed by atoms with Crippen molar-refractivity contribution in [1.82, 2.24) is 9.97 Å². The van der Waals surface area contributed by atoms with Crippen molar-refractivity contribution in [3.8, 4) is 0 Å². The Morgan fingerprint density at radius 2 is 1.76 bits per heavy atom. The summed E-state index contributed by atoms with van der Waals surface area (Å²) in [7, 11) is 1.62. The summed E-state index contributed by atoms with van der Waals surface area (Å²) in [5.74, 6) is 2.40. The van der Waals surface area contributed by atoms with Crippen LogP contribution in [0.4, 0.5) is 11.6 Å². The lowest BCUT2D eigenvalue weighted by molar-refractivity contribution is 0.114. The number of aromatic nitrogens is 2. The molecule has 0 fully saturated rings. The number of hydrogen-bond donors (Lipinski definition) is 3. The fraction of sp³-hybridized carbons (Fsp3) is 0.733. The molecule has 0 aliphatic carbocycles. The fourth-order valence-corrected chi connectivity index (χ4v) is 2.26. The molecule has 1 rings (SSSR count). The van der Waals surface area contributed by atoms with Crippen LogP contribution in [0.1, 0.15) is 39.4 Å². The zero-order valence-electron chi connectivity index (χ0n) is 13.5. The van der Waals surface area contributed by atoms with Gasteiger partial charge >= 0.3 is 0 Å². The van der Waals surface area contributed by atoms with Gasteiger partial charge < -0.3 is 20.5 Å². The molecule has 0 aromatic carbocycles. The van der Waals surface area contributed by atoms with Crippen LogP contribution < -0.4 is 10.6 Å². The highest BCUT2D eigenvalue weighted by molar-refractivity contribution is 5.47. The highest BCUT2D eigenvalue weighted by Crippen LogP contribution is 2.15. The molecule has 0 bridgehead atoms. The van der Waals surface area contributed by atoms with E-state index in [1.807, 2.05) is 13.0 Å². The molecule has 0 saturated heterocycles. The van der Waals surface area contributed by atoms with Crippen LogP contribution in [0, 0.1) is 5.92 Å². The van der Waals surface area contributed by atoms with Gasteiger partial charge in [-0.2, -0.15) is 0 Å². The molecule has 0 spiro atoms. The molecule has 1 heterocycles. The third kappa shape index (κ3) is 5.85. The summed E-state index contributed by atoms with van der Waals surface area (Å²) in [6.07, 6.45) is 1.57. The van der Waals surface area contributed by atoms with Gasteiger partial charge in [0.05, 0.1) is 6.10 Å². The second-order valence-corrected chi connectivity index (χ2v) is 5.04. The second kappa shape index (κ2) is 9.52. The minimum absolute atomic E-state index is 0.311. The summed E-state index contributed by atoms with van der Waals surface area (Å²) in [6, 6.07) is 1.85. The lowest BCUT2D eigenvalue weighted by Crippen LogP contribution is -2.28. The number of hydrogen-bond acceptors (Lipinski definition) is 6. The van der Waals surface area contributed by atoms with Gasteiger partial charge in [0.2, 0.25) is 0 Å². The molecule has 1 aromatic heterocycles. The van der Waals surface area contributed by atoms with Crippen LogP contribution in [-0.4, -0.2) is 41.4 Å². The molecule has 1 atom stereocenters.